The lowest BCUT2D eigenvalue weighted by Gasteiger charge is -2.31. The van der Waals surface area contributed by atoms with E-state index in [2.05, 4.69) is 9.98 Å². The molecule has 2 aliphatic carbocycles. The predicted molar refractivity (Wildman–Crippen MR) is 197 cm³/mol. The lowest BCUT2D eigenvalue weighted by Crippen LogP contribution is -2.35. The molecule has 0 spiro atoms. The minimum Gasteiger partial charge on any atom is -0.481 e. The van der Waals surface area contributed by atoms with Gasteiger partial charge in [0.15, 0.2) is 0 Å². The molecule has 2 aliphatic rings. The van der Waals surface area contributed by atoms with E-state index in [1.165, 1.54) is 39.0 Å². The van der Waals surface area contributed by atoms with Gasteiger partial charge in [0.25, 0.3) is 0 Å². The van der Waals surface area contributed by atoms with Gasteiger partial charge in [-0.2, -0.15) is 0 Å². The van der Waals surface area contributed by atoms with Crippen molar-refractivity contribution in [3.8, 4) is 0 Å². The average molecular weight is 765 g/mol. The molecule has 310 valence electrons. The number of hydrogen-bond acceptors (Lipinski definition) is 13. The number of carboxylic acids is 3. The molecule has 0 aromatic heterocycles. The molecule has 0 atom stereocenters. The fourth-order valence-electron chi connectivity index (χ4n) is 5.00. The van der Waals surface area contributed by atoms with Gasteiger partial charge in [-0.1, -0.05) is 26.7 Å². The molecule has 2 rings (SSSR count). The molecule has 0 aromatic rings. The van der Waals surface area contributed by atoms with Crippen molar-refractivity contribution in [2.24, 2.45) is 32.7 Å². The number of carbonyl (C=O) groups is 3. The monoisotopic (exact) mass is 764 g/mol. The van der Waals surface area contributed by atoms with Crippen LogP contribution in [-0.4, -0.2) is 128 Å². The van der Waals surface area contributed by atoms with Gasteiger partial charge in [-0.15, -0.1) is 0 Å². The highest BCUT2D eigenvalue weighted by molar-refractivity contribution is 5.74. The standard InChI is InChI=1S/C15H22N2O2.C6H10O4.C6H14O2.C5H10O4.C5H12O2/c18-10-16-14-5-1-12(2-6-14)9-13-3-7-15(8-4-13)17-11-19;7-5(8)3-1-2-4-6(9)10;7-5-3-1-2-4-6-8;1-5(2-6,3-7)4(8)9;1-5(2,3-6)4-7/h12-15H,1-9H2;1-4H2,(H,7,8)(H,9,10);7-8H,1-6H2;6-7H,2-3H2,1H3,(H,8,9);6-7H,3-4H2,1-2H3. The Morgan fingerprint density at radius 3 is 1.08 bits per heavy atom. The van der Waals surface area contributed by atoms with Gasteiger partial charge in [-0.3, -0.25) is 14.4 Å². The second-order valence-electron chi connectivity index (χ2n) is 14.5. The number of rotatable bonds is 19. The molecule has 0 aliphatic heterocycles. The number of aliphatic imine (C=N–C) groups is 2. The maximum absolute atomic E-state index is 10.2. The van der Waals surface area contributed by atoms with Crippen molar-refractivity contribution in [2.75, 3.05) is 39.6 Å². The van der Waals surface area contributed by atoms with E-state index in [0.717, 1.165) is 63.2 Å². The Kier molecular flexibility index (Phi) is 35.5. The summed E-state index contributed by atoms with van der Waals surface area (Å²) in [5.74, 6) is -1.33. The summed E-state index contributed by atoms with van der Waals surface area (Å²) in [6.45, 7) is 4.44. The van der Waals surface area contributed by atoms with Crippen LogP contribution in [0.1, 0.15) is 130 Å². The Morgan fingerprint density at radius 1 is 0.547 bits per heavy atom. The lowest BCUT2D eigenvalue weighted by atomic mass is 9.76. The second-order valence-corrected chi connectivity index (χ2v) is 14.5. The van der Waals surface area contributed by atoms with Gasteiger partial charge in [0.05, 0.1) is 38.5 Å². The third kappa shape index (κ3) is 33.3. The third-order valence-electron chi connectivity index (χ3n) is 8.94. The topological polar surface area (TPSA) is 292 Å². The van der Waals surface area contributed by atoms with Gasteiger partial charge in [0.2, 0.25) is 12.2 Å². The normalized spacial score (nSPS) is 19.3. The summed E-state index contributed by atoms with van der Waals surface area (Å²) >= 11 is 0. The highest BCUT2D eigenvalue weighted by Crippen LogP contribution is 2.36. The molecule has 9 N–H and O–H groups in total. The Morgan fingerprint density at radius 2 is 0.887 bits per heavy atom. The zero-order valence-electron chi connectivity index (χ0n) is 32.0. The molecule has 0 bridgehead atoms. The van der Waals surface area contributed by atoms with Crippen molar-refractivity contribution >= 4 is 30.1 Å². The summed E-state index contributed by atoms with van der Waals surface area (Å²) < 4.78 is 0. The van der Waals surface area contributed by atoms with Gasteiger partial charge in [-0.25, -0.2) is 19.6 Å². The van der Waals surface area contributed by atoms with Crippen molar-refractivity contribution in [3.05, 3.63) is 0 Å². The molecule has 53 heavy (non-hydrogen) atoms. The fraction of sp³-hybridized carbons (Fsp3) is 0.865. The molecular formula is C37H68N2O14. The van der Waals surface area contributed by atoms with Gasteiger partial charge in [0, 0.05) is 31.5 Å². The fourth-order valence-corrected chi connectivity index (χ4v) is 5.00. The van der Waals surface area contributed by atoms with E-state index in [-0.39, 0.29) is 56.8 Å². The highest BCUT2D eigenvalue weighted by Gasteiger charge is 2.31. The molecule has 0 radical (unpaired) electrons. The number of isocyanates is 2. The molecule has 2 saturated carbocycles. The van der Waals surface area contributed by atoms with E-state index < -0.39 is 36.5 Å². The van der Waals surface area contributed by atoms with Crippen LogP contribution in [0.5, 0.6) is 0 Å². The van der Waals surface area contributed by atoms with Crippen LogP contribution in [0.15, 0.2) is 9.98 Å². The number of carbonyl (C=O) groups excluding carboxylic acids is 2. The summed E-state index contributed by atoms with van der Waals surface area (Å²) in [7, 11) is 0. The second kappa shape index (κ2) is 34.7. The lowest BCUT2D eigenvalue weighted by molar-refractivity contribution is -0.153. The first-order chi connectivity index (χ1) is 25.0. The minimum atomic E-state index is -1.39. The van der Waals surface area contributed by atoms with Crippen molar-refractivity contribution in [2.45, 2.75) is 142 Å². The molecule has 2 fully saturated rings. The zero-order valence-corrected chi connectivity index (χ0v) is 32.0. The molecule has 16 nitrogen and oxygen atoms in total. The summed E-state index contributed by atoms with van der Waals surface area (Å²) in [6.07, 6.45) is 18.5. The SMILES string of the molecule is CC(C)(CO)CO.CC(CO)(CO)C(=O)O.O=C(O)CCCCC(=O)O.O=C=NC1CCC(CC2CCC(N=C=O)CC2)CC1.OCCCCCCO. The molecule has 0 heterocycles. The Hall–Kier alpha value is -3.07. The van der Waals surface area contributed by atoms with Crippen LogP contribution in [0.2, 0.25) is 0 Å². The van der Waals surface area contributed by atoms with Crippen LogP contribution in [0, 0.1) is 22.7 Å². The predicted octanol–water partition coefficient (Wildman–Crippen LogP) is 3.47. The van der Waals surface area contributed by atoms with Gasteiger partial charge in [-0.05, 0) is 102 Å². The smallest absolute Gasteiger partial charge is 0.314 e. The number of unbranched alkanes of at least 4 members (excludes halogenated alkanes) is 4. The Labute approximate surface area is 314 Å². The van der Waals surface area contributed by atoms with Crippen molar-refractivity contribution in [1.29, 1.82) is 0 Å². The maximum atomic E-state index is 10.2. The van der Waals surface area contributed by atoms with Crippen LogP contribution in [0.25, 0.3) is 0 Å². The maximum Gasteiger partial charge on any atom is 0.314 e. The summed E-state index contributed by atoms with van der Waals surface area (Å²) in [5, 5.41) is 74.9. The first kappa shape index (κ1) is 54.3. The number of aliphatic hydroxyl groups is 6. The minimum absolute atomic E-state index is 0.0451. The van der Waals surface area contributed by atoms with E-state index >= 15 is 0 Å². The van der Waals surface area contributed by atoms with Crippen LogP contribution < -0.4 is 0 Å². The van der Waals surface area contributed by atoms with E-state index in [9.17, 15) is 24.0 Å². The van der Waals surface area contributed by atoms with Crippen LogP contribution >= 0.6 is 0 Å². The largest absolute Gasteiger partial charge is 0.481 e. The van der Waals surface area contributed by atoms with Gasteiger partial charge >= 0.3 is 17.9 Å². The summed E-state index contributed by atoms with van der Waals surface area (Å²) in [6, 6.07) is 0.456. The summed E-state index contributed by atoms with van der Waals surface area (Å²) in [4.78, 5) is 58.1. The zero-order chi connectivity index (χ0) is 41.1. The molecule has 0 saturated heterocycles. The van der Waals surface area contributed by atoms with E-state index in [4.69, 9.17) is 46.0 Å². The summed E-state index contributed by atoms with van der Waals surface area (Å²) in [5.41, 5.74) is -1.69. The number of hydrogen-bond donors (Lipinski definition) is 9. The number of carboxylic acid groups (broad SMARTS) is 3. The van der Waals surface area contributed by atoms with Crippen LogP contribution in [0.3, 0.4) is 0 Å². The molecule has 16 heteroatoms. The highest BCUT2D eigenvalue weighted by atomic mass is 16.4. The van der Waals surface area contributed by atoms with Crippen molar-refractivity contribution in [3.63, 3.8) is 0 Å². The number of aliphatic carboxylic acids is 3. The van der Waals surface area contributed by atoms with Crippen molar-refractivity contribution in [1.82, 2.24) is 0 Å². The molecular weight excluding hydrogens is 696 g/mol. The first-order valence-electron chi connectivity index (χ1n) is 18.5. The quantitative estimate of drug-likeness (QED) is 0.0517. The van der Waals surface area contributed by atoms with E-state index in [1.807, 2.05) is 0 Å². The first-order valence-corrected chi connectivity index (χ1v) is 18.5. The Balaban J connectivity index is -0.000000633. The molecule has 0 amide bonds. The molecule has 0 unspecified atom stereocenters. The van der Waals surface area contributed by atoms with Crippen LogP contribution in [-0.2, 0) is 24.0 Å². The van der Waals surface area contributed by atoms with E-state index in [0.29, 0.717) is 12.8 Å². The van der Waals surface area contributed by atoms with Gasteiger partial charge in [0.1, 0.15) is 5.41 Å². The third-order valence-corrected chi connectivity index (χ3v) is 8.94. The average Bonchev–Trinajstić information content (AvgIpc) is 3.14. The number of aliphatic hydroxyl groups excluding tert-OH is 6. The Bertz CT molecular complexity index is 961. The van der Waals surface area contributed by atoms with Crippen LogP contribution in [0.4, 0.5) is 0 Å². The van der Waals surface area contributed by atoms with E-state index in [1.54, 1.807) is 26.0 Å². The van der Waals surface area contributed by atoms with Crippen molar-refractivity contribution < 1.29 is 69.9 Å². The molecule has 0 aromatic carbocycles. The number of nitrogens with zero attached hydrogens (tertiary/aromatic N) is 2. The van der Waals surface area contributed by atoms with Gasteiger partial charge < -0.3 is 46.0 Å².